The number of rotatable bonds is 23. The molecule has 3 heterocycles. The molecule has 298 valence electrons. The molecule has 0 saturated heterocycles. The first-order chi connectivity index (χ1) is 27.1. The van der Waals surface area contributed by atoms with E-state index >= 15 is 0 Å². The van der Waals surface area contributed by atoms with Crippen LogP contribution in [0.15, 0.2) is 89.7 Å². The van der Waals surface area contributed by atoms with Gasteiger partial charge in [0.25, 0.3) is 11.8 Å². The molecule has 2 aromatic rings. The number of anilines is 1. The molecule has 14 heteroatoms. The highest BCUT2D eigenvalue weighted by Crippen LogP contribution is 2.47. The summed E-state index contributed by atoms with van der Waals surface area (Å²) in [5.41, 5.74) is 15.2. The average molecular weight is 769 g/mol. The Morgan fingerprint density at radius 1 is 0.804 bits per heavy atom. The lowest BCUT2D eigenvalue weighted by Crippen LogP contribution is -2.38. The lowest BCUT2D eigenvalue weighted by Gasteiger charge is -2.27. The SMILES string of the molecule is CC1(C)C(/C=C/C=C2/N(CCOCCOCCC(=O)NCCN3C(=O)C=CC3=O)c3ccccc3C2(C)C)=[N+](CCOCCOCCN=[N+]=[N-])c2ccccc21. The number of nitrogens with zero attached hydrogens (tertiary/aromatic N) is 6. The van der Waals surface area contributed by atoms with E-state index in [4.69, 9.17) is 24.5 Å². The van der Waals surface area contributed by atoms with Crippen LogP contribution in [0.1, 0.15) is 45.2 Å². The molecule has 0 spiro atoms. The molecular weight excluding hydrogens is 715 g/mol. The maximum Gasteiger partial charge on any atom is 0.253 e. The smallest absolute Gasteiger partial charge is 0.253 e. The van der Waals surface area contributed by atoms with Crippen molar-refractivity contribution < 1.29 is 37.9 Å². The topological polar surface area (TPSA) is 158 Å². The number of benzene rings is 2. The second-order valence-corrected chi connectivity index (χ2v) is 14.5. The predicted octanol–water partition coefficient (Wildman–Crippen LogP) is 5.11. The van der Waals surface area contributed by atoms with Gasteiger partial charge in [0.05, 0.1) is 51.7 Å². The molecule has 0 bridgehead atoms. The number of ether oxygens (including phenoxy) is 4. The minimum Gasteiger partial charge on any atom is -0.379 e. The average Bonchev–Trinajstić information content (AvgIpc) is 3.70. The Morgan fingerprint density at radius 2 is 1.45 bits per heavy atom. The first kappa shape index (κ1) is 42.0. The third-order valence-electron chi connectivity index (χ3n) is 10.2. The number of para-hydroxylation sites is 2. The zero-order chi connectivity index (χ0) is 40.0. The Hall–Kier alpha value is -5.11. The van der Waals surface area contributed by atoms with Gasteiger partial charge in [0.2, 0.25) is 11.6 Å². The lowest BCUT2D eigenvalue weighted by molar-refractivity contribution is -0.442. The Morgan fingerprint density at radius 3 is 2.18 bits per heavy atom. The molecule has 0 unspecified atom stereocenters. The third-order valence-corrected chi connectivity index (χ3v) is 10.2. The summed E-state index contributed by atoms with van der Waals surface area (Å²) in [6.45, 7) is 14.3. The zero-order valence-electron chi connectivity index (χ0n) is 32.9. The number of allylic oxidation sites excluding steroid dienone is 4. The number of carbonyl (C=O) groups is 3. The number of hydrogen-bond donors (Lipinski definition) is 1. The van der Waals surface area contributed by atoms with Crippen LogP contribution in [0.4, 0.5) is 11.4 Å². The van der Waals surface area contributed by atoms with Crippen LogP contribution in [0.2, 0.25) is 0 Å². The molecule has 2 aromatic carbocycles. The van der Waals surface area contributed by atoms with Crippen LogP contribution in [0.5, 0.6) is 0 Å². The van der Waals surface area contributed by atoms with E-state index in [9.17, 15) is 14.4 Å². The van der Waals surface area contributed by atoms with Crippen molar-refractivity contribution in [2.75, 3.05) is 90.5 Å². The molecule has 56 heavy (non-hydrogen) atoms. The molecule has 14 nitrogen and oxygen atoms in total. The van der Waals surface area contributed by atoms with Crippen molar-refractivity contribution in [3.05, 3.63) is 106 Å². The van der Waals surface area contributed by atoms with Crippen molar-refractivity contribution in [2.24, 2.45) is 5.11 Å². The first-order valence-electron chi connectivity index (χ1n) is 19.2. The van der Waals surface area contributed by atoms with Crippen molar-refractivity contribution in [1.82, 2.24) is 10.2 Å². The number of amides is 3. The summed E-state index contributed by atoms with van der Waals surface area (Å²) in [5.74, 6) is -0.938. The van der Waals surface area contributed by atoms with Crippen molar-refractivity contribution in [3.63, 3.8) is 0 Å². The third kappa shape index (κ3) is 10.4. The summed E-state index contributed by atoms with van der Waals surface area (Å²) < 4.78 is 25.4. The van der Waals surface area contributed by atoms with Crippen LogP contribution in [-0.4, -0.2) is 118 Å². The quantitative estimate of drug-likeness (QED) is 0.0408. The van der Waals surface area contributed by atoms with Gasteiger partial charge in [0.1, 0.15) is 6.61 Å². The monoisotopic (exact) mass is 768 g/mol. The van der Waals surface area contributed by atoms with E-state index in [1.165, 1.54) is 46.1 Å². The van der Waals surface area contributed by atoms with Gasteiger partial charge in [-0.3, -0.25) is 19.3 Å². The van der Waals surface area contributed by atoms with E-state index in [-0.39, 0.29) is 54.7 Å². The van der Waals surface area contributed by atoms with Gasteiger partial charge in [0.15, 0.2) is 12.3 Å². The van der Waals surface area contributed by atoms with E-state index in [2.05, 4.69) is 119 Å². The molecule has 3 amide bonds. The van der Waals surface area contributed by atoms with Crippen LogP contribution in [0.3, 0.4) is 0 Å². The van der Waals surface area contributed by atoms with E-state index < -0.39 is 0 Å². The molecule has 0 aliphatic carbocycles. The van der Waals surface area contributed by atoms with Gasteiger partial charge >= 0.3 is 0 Å². The van der Waals surface area contributed by atoms with Crippen LogP contribution in [0.25, 0.3) is 10.4 Å². The summed E-state index contributed by atoms with van der Waals surface area (Å²) in [6, 6.07) is 17.0. The molecule has 0 atom stereocenters. The van der Waals surface area contributed by atoms with Crippen LogP contribution in [0, 0.1) is 0 Å². The fourth-order valence-electron chi connectivity index (χ4n) is 7.31. The summed E-state index contributed by atoms with van der Waals surface area (Å²) >= 11 is 0. The van der Waals surface area contributed by atoms with E-state index in [1.807, 2.05) is 0 Å². The largest absolute Gasteiger partial charge is 0.379 e. The number of fused-ring (bicyclic) bond motifs is 2. The van der Waals surface area contributed by atoms with Gasteiger partial charge in [-0.15, -0.1) is 0 Å². The molecule has 3 aliphatic heterocycles. The Bertz CT molecular complexity index is 1880. The van der Waals surface area contributed by atoms with Gasteiger partial charge in [-0.2, -0.15) is 4.58 Å². The highest BCUT2D eigenvalue weighted by atomic mass is 16.5. The molecular formula is C42H54N7O7+. The zero-order valence-corrected chi connectivity index (χ0v) is 32.9. The van der Waals surface area contributed by atoms with E-state index in [0.717, 1.165) is 4.90 Å². The highest BCUT2D eigenvalue weighted by molar-refractivity contribution is 6.12. The molecule has 0 aromatic heterocycles. The minimum absolute atomic E-state index is 0.139. The number of carbonyl (C=O) groups excluding carboxylic acids is 3. The summed E-state index contributed by atoms with van der Waals surface area (Å²) in [6.07, 6.45) is 9.24. The van der Waals surface area contributed by atoms with E-state index in [1.54, 1.807) is 0 Å². The van der Waals surface area contributed by atoms with Gasteiger partial charge in [-0.25, -0.2) is 0 Å². The predicted molar refractivity (Wildman–Crippen MR) is 214 cm³/mol. The maximum atomic E-state index is 12.1. The maximum absolute atomic E-state index is 12.1. The number of hydrogen-bond acceptors (Lipinski definition) is 9. The first-order valence-corrected chi connectivity index (χ1v) is 19.2. The lowest BCUT2D eigenvalue weighted by atomic mass is 9.81. The second kappa shape index (κ2) is 20.2. The van der Waals surface area contributed by atoms with Gasteiger partial charge in [0, 0.05) is 84.2 Å². The summed E-state index contributed by atoms with van der Waals surface area (Å²) in [4.78, 5) is 41.5. The van der Waals surface area contributed by atoms with Crippen LogP contribution >= 0.6 is 0 Å². The summed E-state index contributed by atoms with van der Waals surface area (Å²) in [7, 11) is 0. The summed E-state index contributed by atoms with van der Waals surface area (Å²) in [5, 5.41) is 6.19. The van der Waals surface area contributed by atoms with Gasteiger partial charge in [-0.1, -0.05) is 61.4 Å². The highest BCUT2D eigenvalue weighted by Gasteiger charge is 2.44. The van der Waals surface area contributed by atoms with Crippen molar-refractivity contribution in [3.8, 4) is 0 Å². The minimum atomic E-state index is -0.366. The van der Waals surface area contributed by atoms with Gasteiger partial charge < -0.3 is 29.2 Å². The molecule has 5 rings (SSSR count). The molecule has 0 saturated carbocycles. The molecule has 1 N–H and O–H groups in total. The van der Waals surface area contributed by atoms with Crippen LogP contribution in [-0.2, 0) is 44.2 Å². The molecule has 0 radical (unpaired) electrons. The fraction of sp³-hybridized carbons (Fsp3) is 0.476. The van der Waals surface area contributed by atoms with Gasteiger partial charge in [-0.05, 0) is 37.1 Å². The van der Waals surface area contributed by atoms with Crippen molar-refractivity contribution in [1.29, 1.82) is 0 Å². The van der Waals surface area contributed by atoms with Crippen molar-refractivity contribution in [2.45, 2.75) is 44.9 Å². The molecule has 3 aliphatic rings. The Labute approximate surface area is 329 Å². The van der Waals surface area contributed by atoms with Crippen LogP contribution < -0.4 is 10.2 Å². The fourth-order valence-corrected chi connectivity index (χ4v) is 7.31. The number of imide groups is 1. The Kier molecular flexibility index (Phi) is 15.1. The Balaban J connectivity index is 1.14. The normalized spacial score (nSPS) is 17.3. The number of azide groups is 1. The van der Waals surface area contributed by atoms with E-state index in [0.29, 0.717) is 65.9 Å². The standard InChI is InChI=1S/C42H53N7O7/c1-41(2)32-10-5-7-12-34(32)47(22-26-55-30-28-53-24-18-38(50)44-19-21-49-39(51)16-17-40(49)52)36(41)14-9-15-37-42(3,4)33-11-6-8-13-35(33)48(37)23-27-56-31-29-54-25-20-45-46-43/h5-17H,18-31H2,1-4H3/p+1. The number of nitrogens with one attached hydrogen (secondary N) is 1. The van der Waals surface area contributed by atoms with Crippen molar-refractivity contribution >= 4 is 34.8 Å². The second-order valence-electron chi connectivity index (χ2n) is 14.5. The molecule has 0 fully saturated rings.